The molecule has 3 nitrogen and oxygen atoms in total. The third-order valence-electron chi connectivity index (χ3n) is 3.80. The molecule has 0 aromatic heterocycles. The van der Waals surface area contributed by atoms with Crippen molar-refractivity contribution in [3.63, 3.8) is 0 Å². The number of carbonyl (C=O) groups is 1. The van der Waals surface area contributed by atoms with Crippen molar-refractivity contribution in [3.8, 4) is 0 Å². The third-order valence-corrected chi connectivity index (χ3v) is 4.66. The Balaban J connectivity index is 1.92. The molecule has 0 saturated carbocycles. The van der Waals surface area contributed by atoms with E-state index in [0.29, 0.717) is 23.1 Å². The van der Waals surface area contributed by atoms with E-state index in [1.54, 1.807) is 6.07 Å². The van der Waals surface area contributed by atoms with E-state index in [-0.39, 0.29) is 11.9 Å². The van der Waals surface area contributed by atoms with Gasteiger partial charge in [-0.15, -0.1) is 0 Å². The molecule has 1 amide bonds. The highest BCUT2D eigenvalue weighted by molar-refractivity contribution is 6.42. The van der Waals surface area contributed by atoms with Crippen molar-refractivity contribution in [2.45, 2.75) is 26.1 Å². The van der Waals surface area contributed by atoms with Crippen LogP contribution in [0.5, 0.6) is 0 Å². The van der Waals surface area contributed by atoms with E-state index in [1.807, 2.05) is 61.3 Å². The highest BCUT2D eigenvalue weighted by Gasteiger charge is 2.19. The Hall–Kier alpha value is -1.55. The maximum absolute atomic E-state index is 12.3. The van der Waals surface area contributed by atoms with E-state index in [1.165, 1.54) is 0 Å². The van der Waals surface area contributed by atoms with Crippen LogP contribution in [0.1, 0.15) is 18.1 Å². The Labute approximate surface area is 147 Å². The van der Waals surface area contributed by atoms with E-state index in [4.69, 9.17) is 23.2 Å². The lowest BCUT2D eigenvalue weighted by Gasteiger charge is -2.24. The largest absolute Gasteiger partial charge is 0.351 e. The average molecular weight is 351 g/mol. The molecule has 0 aliphatic heterocycles. The monoisotopic (exact) mass is 350 g/mol. The number of nitrogens with zero attached hydrogens (tertiary/aromatic N) is 1. The summed E-state index contributed by atoms with van der Waals surface area (Å²) in [6.07, 6.45) is 0. The van der Waals surface area contributed by atoms with Crippen LogP contribution in [0.4, 0.5) is 0 Å². The SMILES string of the molecule is C[C@@H](C(=O)NCc1ccccc1)N(C)Cc1cccc(Cl)c1Cl. The molecule has 0 aliphatic rings. The molecule has 2 aromatic rings. The van der Waals surface area contributed by atoms with Gasteiger partial charge in [-0.1, -0.05) is 65.7 Å². The van der Waals surface area contributed by atoms with Gasteiger partial charge >= 0.3 is 0 Å². The molecule has 0 radical (unpaired) electrons. The molecule has 0 bridgehead atoms. The van der Waals surface area contributed by atoms with E-state index < -0.39 is 0 Å². The molecule has 23 heavy (non-hydrogen) atoms. The molecule has 0 spiro atoms. The summed E-state index contributed by atoms with van der Waals surface area (Å²) in [7, 11) is 1.89. The van der Waals surface area contributed by atoms with E-state index in [0.717, 1.165) is 11.1 Å². The molecular weight excluding hydrogens is 331 g/mol. The molecule has 1 N–H and O–H groups in total. The number of hydrogen-bond acceptors (Lipinski definition) is 2. The summed E-state index contributed by atoms with van der Waals surface area (Å²) in [6, 6.07) is 15.1. The van der Waals surface area contributed by atoms with Crippen LogP contribution >= 0.6 is 23.2 Å². The number of carbonyl (C=O) groups excluding carboxylic acids is 1. The van der Waals surface area contributed by atoms with Crippen molar-refractivity contribution in [1.29, 1.82) is 0 Å². The first kappa shape index (κ1) is 17.8. The smallest absolute Gasteiger partial charge is 0.237 e. The number of likely N-dealkylation sites (N-methyl/N-ethyl adjacent to an activating group) is 1. The van der Waals surface area contributed by atoms with E-state index >= 15 is 0 Å². The lowest BCUT2D eigenvalue weighted by atomic mass is 10.1. The minimum Gasteiger partial charge on any atom is -0.351 e. The molecule has 0 saturated heterocycles. The van der Waals surface area contributed by atoms with Crippen LogP contribution in [-0.2, 0) is 17.9 Å². The molecule has 0 unspecified atom stereocenters. The molecule has 0 aliphatic carbocycles. The number of rotatable bonds is 6. The minimum absolute atomic E-state index is 0.0190. The van der Waals surface area contributed by atoms with Crippen molar-refractivity contribution in [2.24, 2.45) is 0 Å². The van der Waals surface area contributed by atoms with Crippen LogP contribution in [0.25, 0.3) is 0 Å². The van der Waals surface area contributed by atoms with Crippen LogP contribution < -0.4 is 5.32 Å². The standard InChI is InChI=1S/C18H20Cl2N2O/c1-13(18(23)21-11-14-7-4-3-5-8-14)22(2)12-15-9-6-10-16(19)17(15)20/h3-10,13H,11-12H2,1-2H3,(H,21,23)/t13-/m0/s1. The predicted octanol–water partition coefficient (Wildman–Crippen LogP) is 4.13. The molecule has 2 rings (SSSR count). The maximum atomic E-state index is 12.3. The van der Waals surface area contributed by atoms with Gasteiger partial charge in [0.2, 0.25) is 5.91 Å². The molecule has 2 aromatic carbocycles. The number of amides is 1. The first-order valence-electron chi connectivity index (χ1n) is 7.44. The quantitative estimate of drug-likeness (QED) is 0.849. The summed E-state index contributed by atoms with van der Waals surface area (Å²) in [5, 5.41) is 4.02. The minimum atomic E-state index is -0.270. The zero-order chi connectivity index (χ0) is 16.8. The summed E-state index contributed by atoms with van der Waals surface area (Å²) in [6.45, 7) is 2.95. The first-order chi connectivity index (χ1) is 11.0. The topological polar surface area (TPSA) is 32.3 Å². The third kappa shape index (κ3) is 4.96. The number of nitrogens with one attached hydrogen (secondary N) is 1. The Morgan fingerprint density at radius 2 is 1.83 bits per heavy atom. The fourth-order valence-corrected chi connectivity index (χ4v) is 2.59. The molecule has 5 heteroatoms. The molecular formula is C18H20Cl2N2O. The summed E-state index contributed by atoms with van der Waals surface area (Å²) in [4.78, 5) is 14.2. The second kappa shape index (κ2) is 8.34. The van der Waals surface area contributed by atoms with Gasteiger partial charge in [-0.3, -0.25) is 9.69 Å². The fraction of sp³-hybridized carbons (Fsp3) is 0.278. The van der Waals surface area contributed by atoms with Crippen molar-refractivity contribution in [1.82, 2.24) is 10.2 Å². The molecule has 0 fully saturated rings. The van der Waals surface area contributed by atoms with E-state index in [2.05, 4.69) is 5.32 Å². The highest BCUT2D eigenvalue weighted by Crippen LogP contribution is 2.26. The van der Waals surface area contributed by atoms with Gasteiger partial charge in [-0.25, -0.2) is 0 Å². The van der Waals surface area contributed by atoms with Crippen LogP contribution in [0, 0.1) is 0 Å². The number of hydrogen-bond donors (Lipinski definition) is 1. The molecule has 0 heterocycles. The van der Waals surface area contributed by atoms with Gasteiger partial charge < -0.3 is 5.32 Å². The van der Waals surface area contributed by atoms with Gasteiger partial charge in [0.1, 0.15) is 0 Å². The number of benzene rings is 2. The Morgan fingerprint density at radius 1 is 1.13 bits per heavy atom. The normalized spacial score (nSPS) is 12.2. The van der Waals surface area contributed by atoms with Crippen molar-refractivity contribution < 1.29 is 4.79 Å². The second-order valence-corrected chi connectivity index (χ2v) is 6.29. The summed E-state index contributed by atoms with van der Waals surface area (Å²) in [5.41, 5.74) is 1.98. The second-order valence-electron chi connectivity index (χ2n) is 5.51. The van der Waals surface area contributed by atoms with Crippen LogP contribution in [0.3, 0.4) is 0 Å². The van der Waals surface area contributed by atoms with E-state index in [9.17, 15) is 4.79 Å². The summed E-state index contributed by atoms with van der Waals surface area (Å²) < 4.78 is 0. The average Bonchev–Trinajstić information content (AvgIpc) is 2.57. The maximum Gasteiger partial charge on any atom is 0.237 e. The molecule has 122 valence electrons. The Bertz CT molecular complexity index is 661. The number of halogens is 2. The van der Waals surface area contributed by atoms with Gasteiger partial charge in [0, 0.05) is 13.1 Å². The summed E-state index contributed by atoms with van der Waals surface area (Å²) in [5.74, 6) is -0.0190. The van der Waals surface area contributed by atoms with Crippen LogP contribution in [0.2, 0.25) is 10.0 Å². The zero-order valence-corrected chi connectivity index (χ0v) is 14.7. The lowest BCUT2D eigenvalue weighted by molar-refractivity contribution is -0.125. The fourth-order valence-electron chi connectivity index (χ4n) is 2.21. The van der Waals surface area contributed by atoms with Crippen LogP contribution in [0.15, 0.2) is 48.5 Å². The van der Waals surface area contributed by atoms with Gasteiger partial charge in [0.25, 0.3) is 0 Å². The Kier molecular flexibility index (Phi) is 6.46. The zero-order valence-electron chi connectivity index (χ0n) is 13.2. The van der Waals surface area contributed by atoms with Gasteiger partial charge in [-0.05, 0) is 31.2 Å². The van der Waals surface area contributed by atoms with Gasteiger partial charge in [0.05, 0.1) is 16.1 Å². The highest BCUT2D eigenvalue weighted by atomic mass is 35.5. The van der Waals surface area contributed by atoms with Crippen molar-refractivity contribution >= 4 is 29.1 Å². The van der Waals surface area contributed by atoms with Gasteiger partial charge in [0.15, 0.2) is 0 Å². The van der Waals surface area contributed by atoms with Crippen molar-refractivity contribution in [2.75, 3.05) is 7.05 Å². The lowest BCUT2D eigenvalue weighted by Crippen LogP contribution is -2.42. The Morgan fingerprint density at radius 3 is 2.52 bits per heavy atom. The van der Waals surface area contributed by atoms with Gasteiger partial charge in [-0.2, -0.15) is 0 Å². The predicted molar refractivity (Wildman–Crippen MR) is 95.7 cm³/mol. The van der Waals surface area contributed by atoms with Crippen molar-refractivity contribution in [3.05, 3.63) is 69.7 Å². The summed E-state index contributed by atoms with van der Waals surface area (Å²) >= 11 is 12.2. The molecule has 1 atom stereocenters. The van der Waals surface area contributed by atoms with Crippen LogP contribution in [-0.4, -0.2) is 23.9 Å². The first-order valence-corrected chi connectivity index (χ1v) is 8.19.